The van der Waals surface area contributed by atoms with Crippen LogP contribution in [0.5, 0.6) is 0 Å². The van der Waals surface area contributed by atoms with Crippen LogP contribution in [-0.2, 0) is 38.0 Å². The minimum absolute atomic E-state index is 0.0472. The molecule has 1 aromatic carbocycles. The van der Waals surface area contributed by atoms with E-state index < -0.39 is 64.8 Å². The van der Waals surface area contributed by atoms with Gasteiger partial charge >= 0.3 is 11.9 Å². The summed E-state index contributed by atoms with van der Waals surface area (Å²) in [6.07, 6.45) is 3.46. The average Bonchev–Trinajstić information content (AvgIpc) is 3.64. The molecule has 0 radical (unpaired) electrons. The molecule has 11 nitrogen and oxygen atoms in total. The Kier molecular flexibility index (Phi) is 9.10. The monoisotopic (exact) mass is 682 g/mol. The molecule has 49 heavy (non-hydrogen) atoms. The van der Waals surface area contributed by atoms with Crippen molar-refractivity contribution in [3.05, 3.63) is 47.5 Å². The van der Waals surface area contributed by atoms with Gasteiger partial charge in [0.2, 0.25) is 0 Å². The highest BCUT2D eigenvalue weighted by molar-refractivity contribution is 5.89. The maximum absolute atomic E-state index is 13.3. The van der Waals surface area contributed by atoms with Crippen LogP contribution in [0.1, 0.15) is 82.0 Å². The number of aldehydes is 1. The fraction of sp³-hybridized carbons (Fsp3) is 0.711. The van der Waals surface area contributed by atoms with Crippen molar-refractivity contribution < 1.29 is 53.0 Å². The molecule has 2 N–H and O–H groups in total. The molecule has 268 valence electrons. The number of fused-ring (bicyclic) bond motifs is 5. The lowest BCUT2D eigenvalue weighted by Gasteiger charge is -2.65. The van der Waals surface area contributed by atoms with Crippen LogP contribution in [-0.4, -0.2) is 97.3 Å². The number of benzene rings is 1. The van der Waals surface area contributed by atoms with Crippen LogP contribution in [0.2, 0.25) is 0 Å². The van der Waals surface area contributed by atoms with Gasteiger partial charge in [0.15, 0.2) is 12.4 Å². The molecule has 1 saturated heterocycles. The number of hydrogen-bond donors (Lipinski definition) is 2. The number of carbonyl (C=O) groups excluding carboxylic acids is 3. The van der Waals surface area contributed by atoms with Crippen molar-refractivity contribution in [3.8, 4) is 0 Å². The van der Waals surface area contributed by atoms with Crippen LogP contribution >= 0.6 is 0 Å². The van der Waals surface area contributed by atoms with Gasteiger partial charge in [0.25, 0.3) is 0 Å². The molecular weight excluding hydrogens is 632 g/mol. The highest BCUT2D eigenvalue weighted by atomic mass is 16.7. The summed E-state index contributed by atoms with van der Waals surface area (Å²) < 4.78 is 35.6. The van der Waals surface area contributed by atoms with E-state index >= 15 is 0 Å². The van der Waals surface area contributed by atoms with E-state index in [0.29, 0.717) is 50.5 Å². The zero-order valence-corrected chi connectivity index (χ0v) is 28.9. The van der Waals surface area contributed by atoms with E-state index in [0.717, 1.165) is 18.3 Å². The van der Waals surface area contributed by atoms with Crippen LogP contribution < -0.4 is 0 Å². The molecular formula is C38H50O11. The Labute approximate surface area is 287 Å². The first-order valence-corrected chi connectivity index (χ1v) is 17.8. The number of hydrogen-bond acceptors (Lipinski definition) is 11. The Morgan fingerprint density at radius 3 is 2.35 bits per heavy atom. The van der Waals surface area contributed by atoms with Gasteiger partial charge in [-0.1, -0.05) is 25.1 Å². The number of carbonyl (C=O) groups is 3. The Morgan fingerprint density at radius 2 is 1.67 bits per heavy atom. The summed E-state index contributed by atoms with van der Waals surface area (Å²) in [6, 6.07) is 8.72. The zero-order chi connectivity index (χ0) is 34.8. The number of rotatable bonds is 8. The zero-order valence-electron chi connectivity index (χ0n) is 28.9. The summed E-state index contributed by atoms with van der Waals surface area (Å²) in [4.78, 5) is 38.1. The first-order valence-electron chi connectivity index (χ1n) is 17.8. The normalized spacial score (nSPS) is 46.1. The topological polar surface area (TPSA) is 147 Å². The fourth-order valence-electron chi connectivity index (χ4n) is 11.2. The SMILES string of the molecule is CO[C@H]1[C@@H](OC(=O)c2ccccc2)[C@@H](C)O[C@@H](O[C@H]2CC[C@]3(C=O)[C@H]4CC[C@]5(C)[C@@H](C6=CC(=O)OC6)CC[C@]5(O)[C@@H]4CC[C@]3(O)C2)[C@@H]1OC. The molecule has 2 aliphatic heterocycles. The summed E-state index contributed by atoms with van der Waals surface area (Å²) >= 11 is 0. The lowest BCUT2D eigenvalue weighted by molar-refractivity contribution is -0.322. The van der Waals surface area contributed by atoms with Crippen LogP contribution in [0.15, 0.2) is 42.0 Å². The molecule has 13 atom stereocenters. The molecule has 0 bridgehead atoms. The van der Waals surface area contributed by atoms with Crippen molar-refractivity contribution in [2.24, 2.45) is 28.6 Å². The molecule has 0 spiro atoms. The van der Waals surface area contributed by atoms with E-state index in [4.69, 9.17) is 28.4 Å². The first kappa shape index (κ1) is 34.8. The average molecular weight is 683 g/mol. The van der Waals surface area contributed by atoms with Gasteiger partial charge in [0, 0.05) is 32.1 Å². The van der Waals surface area contributed by atoms with Gasteiger partial charge in [-0.15, -0.1) is 0 Å². The molecule has 0 unspecified atom stereocenters. The van der Waals surface area contributed by atoms with Crippen molar-refractivity contribution in [2.75, 3.05) is 20.8 Å². The second-order valence-electron chi connectivity index (χ2n) is 15.6. The molecule has 11 heteroatoms. The van der Waals surface area contributed by atoms with E-state index in [9.17, 15) is 24.6 Å². The Morgan fingerprint density at radius 1 is 0.939 bits per heavy atom. The van der Waals surface area contributed by atoms with Gasteiger partial charge in [-0.3, -0.25) is 0 Å². The molecule has 5 fully saturated rings. The van der Waals surface area contributed by atoms with Crippen molar-refractivity contribution in [1.82, 2.24) is 0 Å². The minimum Gasteiger partial charge on any atom is -0.458 e. The minimum atomic E-state index is -1.31. The van der Waals surface area contributed by atoms with Gasteiger partial charge in [0.05, 0.1) is 34.4 Å². The predicted octanol–water partition coefficient (Wildman–Crippen LogP) is 3.92. The molecule has 0 amide bonds. The third kappa shape index (κ3) is 5.33. The smallest absolute Gasteiger partial charge is 0.338 e. The lowest BCUT2D eigenvalue weighted by Crippen LogP contribution is -2.69. The maximum atomic E-state index is 13.3. The maximum Gasteiger partial charge on any atom is 0.338 e. The molecule has 7 rings (SSSR count). The van der Waals surface area contributed by atoms with Crippen LogP contribution in [0.3, 0.4) is 0 Å². The highest BCUT2D eigenvalue weighted by Gasteiger charge is 2.71. The van der Waals surface area contributed by atoms with E-state index in [1.165, 1.54) is 14.2 Å². The van der Waals surface area contributed by atoms with E-state index in [1.807, 2.05) is 6.07 Å². The van der Waals surface area contributed by atoms with Crippen LogP contribution in [0, 0.1) is 28.6 Å². The van der Waals surface area contributed by atoms with E-state index in [2.05, 4.69) is 6.92 Å². The van der Waals surface area contributed by atoms with Crippen molar-refractivity contribution >= 4 is 18.2 Å². The first-order chi connectivity index (χ1) is 23.4. The van der Waals surface area contributed by atoms with Gasteiger partial charge < -0.3 is 43.4 Å². The van der Waals surface area contributed by atoms with Gasteiger partial charge in [0.1, 0.15) is 25.1 Å². The summed E-state index contributed by atoms with van der Waals surface area (Å²) in [6.45, 7) is 4.22. The summed E-state index contributed by atoms with van der Waals surface area (Å²) in [5, 5.41) is 25.0. The number of ether oxygens (including phenoxy) is 6. The fourth-order valence-corrected chi connectivity index (χ4v) is 11.2. The van der Waals surface area contributed by atoms with E-state index in [1.54, 1.807) is 37.3 Å². The van der Waals surface area contributed by atoms with Crippen molar-refractivity contribution in [2.45, 2.75) is 120 Å². The predicted molar refractivity (Wildman–Crippen MR) is 174 cm³/mol. The third-order valence-electron chi connectivity index (χ3n) is 13.7. The van der Waals surface area contributed by atoms with Crippen LogP contribution in [0.4, 0.5) is 0 Å². The highest BCUT2D eigenvalue weighted by Crippen LogP contribution is 2.70. The third-order valence-corrected chi connectivity index (χ3v) is 13.7. The van der Waals surface area contributed by atoms with Crippen molar-refractivity contribution in [3.63, 3.8) is 0 Å². The summed E-state index contributed by atoms with van der Waals surface area (Å²) in [5.41, 5.74) is -2.40. The number of esters is 2. The number of aliphatic hydroxyl groups is 2. The standard InChI is InChI=1S/C38H50O11/c1-22-30(49-33(41)23-8-6-5-7-9-23)31(44-3)32(45-4)34(47-22)48-25-10-15-36(21-39)27-11-14-35(2)26(24-18-29(40)46-20-24)13-17-38(35,43)28(27)12-16-37(36,42)19-25/h5-9,18,21-22,25-28,30-32,34,42-43H,10-17,19-20H2,1-4H3/t22-,25+,26-,27+,28-,30+,31+,32-,34+,35-,36+,37+,38+/m1/s1. The Hall–Kier alpha value is -2.67. The second kappa shape index (κ2) is 12.8. The molecule has 2 heterocycles. The summed E-state index contributed by atoms with van der Waals surface area (Å²) in [7, 11) is 3.06. The molecule has 4 aliphatic carbocycles. The quantitative estimate of drug-likeness (QED) is 0.234. The second-order valence-corrected chi connectivity index (χ2v) is 15.6. The Bertz CT molecular complexity index is 1460. The van der Waals surface area contributed by atoms with Crippen molar-refractivity contribution in [1.29, 1.82) is 0 Å². The number of cyclic esters (lactones) is 1. The molecule has 1 aromatic rings. The largest absolute Gasteiger partial charge is 0.458 e. The van der Waals surface area contributed by atoms with Gasteiger partial charge in [-0.25, -0.2) is 9.59 Å². The molecule has 6 aliphatic rings. The van der Waals surface area contributed by atoms with Crippen LogP contribution in [0.25, 0.3) is 0 Å². The van der Waals surface area contributed by atoms with Gasteiger partial charge in [-0.2, -0.15) is 0 Å². The molecule has 0 aromatic heterocycles. The molecule has 4 saturated carbocycles. The summed E-state index contributed by atoms with van der Waals surface area (Å²) in [5.74, 6) is -1.08. The Balaban J connectivity index is 1.06. The van der Waals surface area contributed by atoms with E-state index in [-0.39, 0.29) is 36.8 Å². The van der Waals surface area contributed by atoms with Gasteiger partial charge in [-0.05, 0) is 93.7 Å². The number of methoxy groups -OCH3 is 2. The lowest BCUT2D eigenvalue weighted by atomic mass is 9.41.